The van der Waals surface area contributed by atoms with Crippen molar-refractivity contribution >= 4 is 23.2 Å². The maximum atomic E-state index is 13.4. The van der Waals surface area contributed by atoms with Crippen LogP contribution >= 0.6 is 0 Å². The molecular formula is C27H37N3O3. The van der Waals surface area contributed by atoms with Crippen LogP contribution in [-0.2, 0) is 11.3 Å². The minimum Gasteiger partial charge on any atom is -0.497 e. The van der Waals surface area contributed by atoms with Crippen LogP contribution in [0.4, 0.5) is 11.4 Å². The molecule has 178 valence electrons. The van der Waals surface area contributed by atoms with Gasteiger partial charge in [-0.2, -0.15) is 0 Å². The molecule has 0 unspecified atom stereocenters. The molecule has 2 aromatic carbocycles. The lowest BCUT2D eigenvalue weighted by Crippen LogP contribution is -2.34. The van der Waals surface area contributed by atoms with E-state index in [1.807, 2.05) is 54.2 Å². The van der Waals surface area contributed by atoms with Crippen molar-refractivity contribution in [1.29, 1.82) is 0 Å². The summed E-state index contributed by atoms with van der Waals surface area (Å²) >= 11 is 0. The van der Waals surface area contributed by atoms with Crippen LogP contribution in [0.2, 0.25) is 0 Å². The molecule has 0 radical (unpaired) electrons. The zero-order chi connectivity index (χ0) is 24.0. The number of amides is 2. The number of benzene rings is 2. The molecule has 2 aromatic rings. The van der Waals surface area contributed by atoms with Crippen LogP contribution in [0, 0.1) is 11.8 Å². The zero-order valence-electron chi connectivity index (χ0n) is 20.6. The largest absolute Gasteiger partial charge is 0.497 e. The fourth-order valence-electron chi connectivity index (χ4n) is 4.44. The molecule has 1 fully saturated rings. The van der Waals surface area contributed by atoms with E-state index >= 15 is 0 Å². The second-order valence-electron chi connectivity index (χ2n) is 9.52. The Morgan fingerprint density at radius 3 is 2.30 bits per heavy atom. The lowest BCUT2D eigenvalue weighted by atomic mass is 10.1. The molecule has 1 N–H and O–H groups in total. The van der Waals surface area contributed by atoms with Crippen molar-refractivity contribution in [3.63, 3.8) is 0 Å². The smallest absolute Gasteiger partial charge is 0.254 e. The Hall–Kier alpha value is -3.02. The summed E-state index contributed by atoms with van der Waals surface area (Å²) < 4.78 is 5.23. The Kier molecular flexibility index (Phi) is 8.37. The van der Waals surface area contributed by atoms with Gasteiger partial charge in [-0.1, -0.05) is 26.7 Å². The summed E-state index contributed by atoms with van der Waals surface area (Å²) in [6, 6.07) is 13.2. The van der Waals surface area contributed by atoms with E-state index in [0.717, 1.165) is 48.4 Å². The highest BCUT2D eigenvalue weighted by Gasteiger charge is 2.24. The molecule has 0 aliphatic heterocycles. The van der Waals surface area contributed by atoms with E-state index in [2.05, 4.69) is 19.2 Å². The van der Waals surface area contributed by atoms with Crippen LogP contribution < -0.4 is 15.0 Å². The highest BCUT2D eigenvalue weighted by Crippen LogP contribution is 2.29. The van der Waals surface area contributed by atoms with E-state index < -0.39 is 0 Å². The molecule has 1 saturated carbocycles. The molecule has 6 heteroatoms. The number of carbonyl (C=O) groups excluding carboxylic acids is 2. The monoisotopic (exact) mass is 451 g/mol. The van der Waals surface area contributed by atoms with Gasteiger partial charge in [0, 0.05) is 50.0 Å². The molecule has 33 heavy (non-hydrogen) atoms. The number of ether oxygens (including phenoxy) is 1. The van der Waals surface area contributed by atoms with Gasteiger partial charge in [-0.05, 0) is 66.8 Å². The van der Waals surface area contributed by atoms with Crippen LogP contribution in [0.15, 0.2) is 42.5 Å². The molecule has 2 amide bonds. The first-order valence-electron chi connectivity index (χ1n) is 11.8. The van der Waals surface area contributed by atoms with Gasteiger partial charge in [-0.25, -0.2) is 0 Å². The zero-order valence-corrected chi connectivity index (χ0v) is 20.6. The van der Waals surface area contributed by atoms with Crippen molar-refractivity contribution < 1.29 is 14.3 Å². The van der Waals surface area contributed by atoms with Crippen molar-refractivity contribution in [3.8, 4) is 5.75 Å². The highest BCUT2D eigenvalue weighted by molar-refractivity contribution is 5.95. The van der Waals surface area contributed by atoms with E-state index in [-0.39, 0.29) is 17.7 Å². The van der Waals surface area contributed by atoms with Gasteiger partial charge in [0.2, 0.25) is 5.91 Å². The molecule has 0 aromatic heterocycles. The molecule has 0 atom stereocenters. The number of anilines is 2. The standard InChI is InChI=1S/C27H37N3O3/c1-19(2)17-30(27(32)21-10-13-24(33-5)14-11-21)18-22-16-23(12-15-25(22)29(3)4)28-26(31)20-8-6-7-9-20/h10-16,19-20H,6-9,17-18H2,1-5H3,(H,28,31). The quantitative estimate of drug-likeness (QED) is 0.570. The average Bonchev–Trinajstić information content (AvgIpc) is 3.33. The number of hydrogen-bond acceptors (Lipinski definition) is 4. The van der Waals surface area contributed by atoms with Crippen LogP contribution in [-0.4, -0.2) is 44.5 Å². The van der Waals surface area contributed by atoms with Crippen LogP contribution in [0.25, 0.3) is 0 Å². The van der Waals surface area contributed by atoms with E-state index in [1.165, 1.54) is 0 Å². The lowest BCUT2D eigenvalue weighted by Gasteiger charge is -2.28. The first-order chi connectivity index (χ1) is 15.8. The minimum absolute atomic E-state index is 0.0172. The molecule has 0 heterocycles. The Labute approximate surface area is 197 Å². The van der Waals surface area contributed by atoms with Gasteiger partial charge in [-0.3, -0.25) is 9.59 Å². The first-order valence-corrected chi connectivity index (χ1v) is 11.8. The van der Waals surface area contributed by atoms with Gasteiger partial charge in [0.1, 0.15) is 5.75 Å². The summed E-state index contributed by atoms with van der Waals surface area (Å²) in [5.41, 5.74) is 3.46. The normalized spacial score (nSPS) is 13.8. The molecule has 6 nitrogen and oxygen atoms in total. The maximum absolute atomic E-state index is 13.4. The average molecular weight is 452 g/mol. The predicted molar refractivity (Wildman–Crippen MR) is 134 cm³/mol. The number of carbonyl (C=O) groups is 2. The highest BCUT2D eigenvalue weighted by atomic mass is 16.5. The fraction of sp³-hybridized carbons (Fsp3) is 0.481. The van der Waals surface area contributed by atoms with Crippen LogP contribution in [0.3, 0.4) is 0 Å². The maximum Gasteiger partial charge on any atom is 0.254 e. The van der Waals surface area contributed by atoms with Crippen molar-refractivity contribution in [2.75, 3.05) is 38.0 Å². The fourth-order valence-corrected chi connectivity index (χ4v) is 4.44. The Morgan fingerprint density at radius 1 is 1.06 bits per heavy atom. The van der Waals surface area contributed by atoms with E-state index in [1.54, 1.807) is 19.2 Å². The number of methoxy groups -OCH3 is 1. The number of nitrogens with one attached hydrogen (secondary N) is 1. The second-order valence-corrected chi connectivity index (χ2v) is 9.52. The van der Waals surface area contributed by atoms with E-state index in [4.69, 9.17) is 4.74 Å². The molecule has 0 bridgehead atoms. The van der Waals surface area contributed by atoms with Crippen molar-refractivity contribution in [2.45, 2.75) is 46.1 Å². The van der Waals surface area contributed by atoms with Gasteiger partial charge < -0.3 is 19.9 Å². The molecule has 3 rings (SSSR count). The first kappa shape index (κ1) is 24.6. The summed E-state index contributed by atoms with van der Waals surface area (Å²) in [6.07, 6.45) is 4.18. The summed E-state index contributed by atoms with van der Waals surface area (Å²) in [7, 11) is 5.60. The number of hydrogen-bond donors (Lipinski definition) is 1. The Balaban J connectivity index is 1.86. The number of rotatable bonds is 9. The van der Waals surface area contributed by atoms with Crippen molar-refractivity contribution in [1.82, 2.24) is 4.90 Å². The van der Waals surface area contributed by atoms with Crippen molar-refractivity contribution in [2.24, 2.45) is 11.8 Å². The predicted octanol–water partition coefficient (Wildman–Crippen LogP) is 5.19. The third-order valence-corrected chi connectivity index (χ3v) is 6.13. The van der Waals surface area contributed by atoms with Gasteiger partial charge in [-0.15, -0.1) is 0 Å². The number of nitrogens with zero attached hydrogens (tertiary/aromatic N) is 2. The SMILES string of the molecule is COc1ccc(C(=O)N(Cc2cc(NC(=O)C3CCCC3)ccc2N(C)C)CC(C)C)cc1. The summed E-state index contributed by atoms with van der Waals surface area (Å²) in [4.78, 5) is 30.0. The Morgan fingerprint density at radius 2 is 1.73 bits per heavy atom. The topological polar surface area (TPSA) is 61.9 Å². The second kappa shape index (κ2) is 11.2. The molecule has 1 aliphatic rings. The lowest BCUT2D eigenvalue weighted by molar-refractivity contribution is -0.119. The van der Waals surface area contributed by atoms with Crippen LogP contribution in [0.1, 0.15) is 55.5 Å². The summed E-state index contributed by atoms with van der Waals surface area (Å²) in [5.74, 6) is 1.24. The van der Waals surface area contributed by atoms with Gasteiger partial charge >= 0.3 is 0 Å². The van der Waals surface area contributed by atoms with Gasteiger partial charge in [0.05, 0.1) is 7.11 Å². The summed E-state index contributed by atoms with van der Waals surface area (Å²) in [5, 5.41) is 3.10. The van der Waals surface area contributed by atoms with Gasteiger partial charge in [0.25, 0.3) is 5.91 Å². The van der Waals surface area contributed by atoms with Gasteiger partial charge in [0.15, 0.2) is 0 Å². The molecule has 0 spiro atoms. The third kappa shape index (κ3) is 6.50. The Bertz CT molecular complexity index is 948. The van der Waals surface area contributed by atoms with E-state index in [0.29, 0.717) is 24.6 Å². The minimum atomic E-state index is -0.0172. The van der Waals surface area contributed by atoms with Crippen LogP contribution in [0.5, 0.6) is 5.75 Å². The third-order valence-electron chi connectivity index (χ3n) is 6.13. The molecule has 1 aliphatic carbocycles. The van der Waals surface area contributed by atoms with E-state index in [9.17, 15) is 9.59 Å². The summed E-state index contributed by atoms with van der Waals surface area (Å²) in [6.45, 7) is 5.32. The molecular weight excluding hydrogens is 414 g/mol. The van der Waals surface area contributed by atoms with Crippen molar-refractivity contribution in [3.05, 3.63) is 53.6 Å². The molecule has 0 saturated heterocycles.